The summed E-state index contributed by atoms with van der Waals surface area (Å²) in [6.45, 7) is 7.07. The lowest BCUT2D eigenvalue weighted by Gasteiger charge is -2.52. The monoisotopic (exact) mass is 314 g/mol. The second-order valence-corrected chi connectivity index (χ2v) is 8.18. The maximum atomic E-state index is 6.60. The van der Waals surface area contributed by atoms with Gasteiger partial charge in [-0.15, -0.1) is 0 Å². The standard InChI is InChI=1S/C21H30O2/c1-13-9-11-18-15(3)20(16-7-5-4-6-8-16)23-21-19(18)17(13)12-10-14(2)22-21/h4-8,13-15,17-21H,9-12H2,1-3H3/t13-,14+,15-,17?,18+,19?,20+,21+/m1/s1. The predicted octanol–water partition coefficient (Wildman–Crippen LogP) is 5.20. The third kappa shape index (κ3) is 2.74. The first kappa shape index (κ1) is 15.7. The maximum Gasteiger partial charge on any atom is 0.162 e. The Kier molecular flexibility index (Phi) is 4.23. The lowest BCUT2D eigenvalue weighted by Crippen LogP contribution is -2.50. The average molecular weight is 314 g/mol. The zero-order valence-corrected chi connectivity index (χ0v) is 14.7. The summed E-state index contributed by atoms with van der Waals surface area (Å²) in [6.07, 6.45) is 5.70. The first-order valence-corrected chi connectivity index (χ1v) is 9.51. The molecular weight excluding hydrogens is 284 g/mol. The van der Waals surface area contributed by atoms with Crippen molar-refractivity contribution in [2.24, 2.45) is 29.6 Å². The van der Waals surface area contributed by atoms with Crippen LogP contribution in [0.15, 0.2) is 30.3 Å². The summed E-state index contributed by atoms with van der Waals surface area (Å²) in [4.78, 5) is 0. The number of benzene rings is 1. The summed E-state index contributed by atoms with van der Waals surface area (Å²) < 4.78 is 13.0. The van der Waals surface area contributed by atoms with Gasteiger partial charge in [0.2, 0.25) is 0 Å². The molecule has 8 atom stereocenters. The molecule has 0 amide bonds. The molecule has 0 aromatic heterocycles. The smallest absolute Gasteiger partial charge is 0.162 e. The quantitative estimate of drug-likeness (QED) is 0.709. The molecule has 126 valence electrons. The van der Waals surface area contributed by atoms with Gasteiger partial charge in [-0.2, -0.15) is 0 Å². The fraction of sp³-hybridized carbons (Fsp3) is 0.714. The molecule has 3 aliphatic rings. The Balaban J connectivity index is 1.67. The molecule has 2 saturated heterocycles. The van der Waals surface area contributed by atoms with Gasteiger partial charge in [0, 0.05) is 5.92 Å². The fourth-order valence-corrected chi connectivity index (χ4v) is 5.51. The zero-order chi connectivity index (χ0) is 16.0. The van der Waals surface area contributed by atoms with Crippen LogP contribution in [0.5, 0.6) is 0 Å². The molecule has 0 spiro atoms. The van der Waals surface area contributed by atoms with Crippen LogP contribution in [0.1, 0.15) is 58.1 Å². The van der Waals surface area contributed by atoms with Crippen molar-refractivity contribution < 1.29 is 9.47 Å². The molecule has 2 unspecified atom stereocenters. The lowest BCUT2D eigenvalue weighted by atomic mass is 9.60. The topological polar surface area (TPSA) is 18.5 Å². The van der Waals surface area contributed by atoms with E-state index in [4.69, 9.17) is 9.47 Å². The molecule has 0 radical (unpaired) electrons. The number of hydrogen-bond donors (Lipinski definition) is 0. The first-order chi connectivity index (χ1) is 11.1. The third-order valence-corrected chi connectivity index (χ3v) is 6.82. The van der Waals surface area contributed by atoms with E-state index in [9.17, 15) is 0 Å². The molecule has 1 aromatic carbocycles. The van der Waals surface area contributed by atoms with Gasteiger partial charge < -0.3 is 9.47 Å². The van der Waals surface area contributed by atoms with Crippen molar-refractivity contribution in [3.8, 4) is 0 Å². The summed E-state index contributed by atoms with van der Waals surface area (Å²) >= 11 is 0. The first-order valence-electron chi connectivity index (χ1n) is 9.51. The Hall–Kier alpha value is -0.860. The van der Waals surface area contributed by atoms with E-state index in [1.165, 1.54) is 31.2 Å². The van der Waals surface area contributed by atoms with Gasteiger partial charge in [-0.3, -0.25) is 0 Å². The van der Waals surface area contributed by atoms with Crippen LogP contribution in [0.25, 0.3) is 0 Å². The van der Waals surface area contributed by atoms with Crippen LogP contribution in [0, 0.1) is 29.6 Å². The van der Waals surface area contributed by atoms with E-state index in [1.807, 2.05) is 0 Å². The SMILES string of the molecule is C[C@H]1[C@@H](c2ccccc2)O[C@@H]2O[C@@H](C)CCC3C2[C@H]1CC[C@H]3C. The van der Waals surface area contributed by atoms with Gasteiger partial charge in [-0.05, 0) is 55.4 Å². The van der Waals surface area contributed by atoms with Crippen LogP contribution in [0.3, 0.4) is 0 Å². The summed E-state index contributed by atoms with van der Waals surface area (Å²) in [6, 6.07) is 10.8. The molecule has 0 N–H and O–H groups in total. The van der Waals surface area contributed by atoms with E-state index in [1.54, 1.807) is 0 Å². The van der Waals surface area contributed by atoms with Crippen LogP contribution in [-0.4, -0.2) is 12.4 Å². The minimum absolute atomic E-state index is 0.00773. The van der Waals surface area contributed by atoms with Crippen molar-refractivity contribution in [1.29, 1.82) is 0 Å². The molecule has 0 bridgehead atoms. The van der Waals surface area contributed by atoms with Crippen LogP contribution < -0.4 is 0 Å². The van der Waals surface area contributed by atoms with Crippen molar-refractivity contribution in [3.05, 3.63) is 35.9 Å². The molecule has 2 aliphatic heterocycles. The van der Waals surface area contributed by atoms with Crippen LogP contribution in [0.4, 0.5) is 0 Å². The van der Waals surface area contributed by atoms with Crippen molar-refractivity contribution in [2.45, 2.75) is 65.0 Å². The largest absolute Gasteiger partial charge is 0.349 e. The Morgan fingerprint density at radius 2 is 1.57 bits per heavy atom. The minimum atomic E-state index is -0.00773. The Bertz CT molecular complexity index is 528. The highest BCUT2D eigenvalue weighted by atomic mass is 16.7. The van der Waals surface area contributed by atoms with E-state index >= 15 is 0 Å². The van der Waals surface area contributed by atoms with Gasteiger partial charge in [0.25, 0.3) is 0 Å². The molecule has 23 heavy (non-hydrogen) atoms. The van der Waals surface area contributed by atoms with Crippen molar-refractivity contribution in [1.82, 2.24) is 0 Å². The summed E-state index contributed by atoms with van der Waals surface area (Å²) in [5, 5.41) is 0. The minimum Gasteiger partial charge on any atom is -0.349 e. The van der Waals surface area contributed by atoms with Gasteiger partial charge in [-0.25, -0.2) is 0 Å². The summed E-state index contributed by atoms with van der Waals surface area (Å²) in [5.41, 5.74) is 1.31. The highest BCUT2D eigenvalue weighted by Gasteiger charge is 2.52. The van der Waals surface area contributed by atoms with Gasteiger partial charge in [0.15, 0.2) is 6.29 Å². The normalized spacial score (nSPS) is 46.7. The van der Waals surface area contributed by atoms with Crippen molar-refractivity contribution in [2.75, 3.05) is 0 Å². The second-order valence-electron chi connectivity index (χ2n) is 8.18. The zero-order valence-electron chi connectivity index (χ0n) is 14.7. The third-order valence-electron chi connectivity index (χ3n) is 6.82. The highest BCUT2D eigenvalue weighted by Crippen LogP contribution is 2.55. The van der Waals surface area contributed by atoms with Crippen LogP contribution >= 0.6 is 0 Å². The molecule has 2 heteroatoms. The van der Waals surface area contributed by atoms with Gasteiger partial charge in [-0.1, -0.05) is 50.6 Å². The van der Waals surface area contributed by atoms with Crippen LogP contribution in [0.2, 0.25) is 0 Å². The fourth-order valence-electron chi connectivity index (χ4n) is 5.51. The summed E-state index contributed by atoms with van der Waals surface area (Å²) in [5.74, 6) is 3.51. The molecule has 1 saturated carbocycles. The lowest BCUT2D eigenvalue weighted by molar-refractivity contribution is -0.279. The van der Waals surface area contributed by atoms with E-state index < -0.39 is 0 Å². The number of rotatable bonds is 1. The van der Waals surface area contributed by atoms with Gasteiger partial charge in [0.05, 0.1) is 12.2 Å². The van der Waals surface area contributed by atoms with E-state index in [0.717, 1.165) is 17.8 Å². The Labute approximate surface area is 140 Å². The van der Waals surface area contributed by atoms with Gasteiger partial charge in [0.1, 0.15) is 0 Å². The van der Waals surface area contributed by atoms with Gasteiger partial charge >= 0.3 is 0 Å². The van der Waals surface area contributed by atoms with Crippen molar-refractivity contribution in [3.63, 3.8) is 0 Å². The Morgan fingerprint density at radius 1 is 0.826 bits per heavy atom. The molecule has 2 nitrogen and oxygen atoms in total. The second kappa shape index (κ2) is 6.22. The molecule has 4 rings (SSSR count). The van der Waals surface area contributed by atoms with E-state index in [0.29, 0.717) is 17.9 Å². The average Bonchev–Trinajstić information content (AvgIpc) is 2.73. The van der Waals surface area contributed by atoms with Crippen molar-refractivity contribution >= 4 is 0 Å². The molecule has 1 aromatic rings. The van der Waals surface area contributed by atoms with Crippen LogP contribution in [-0.2, 0) is 9.47 Å². The molecule has 1 aliphatic carbocycles. The molecular formula is C21H30O2. The number of ether oxygens (including phenoxy) is 2. The highest BCUT2D eigenvalue weighted by molar-refractivity contribution is 5.19. The maximum absolute atomic E-state index is 6.60. The number of hydrogen-bond acceptors (Lipinski definition) is 2. The Morgan fingerprint density at radius 3 is 2.35 bits per heavy atom. The predicted molar refractivity (Wildman–Crippen MR) is 91.9 cm³/mol. The van der Waals surface area contributed by atoms with E-state index in [2.05, 4.69) is 51.1 Å². The summed E-state index contributed by atoms with van der Waals surface area (Å²) in [7, 11) is 0. The molecule has 2 heterocycles. The molecule has 3 fully saturated rings. The van der Waals surface area contributed by atoms with E-state index in [-0.39, 0.29) is 12.4 Å².